The summed E-state index contributed by atoms with van der Waals surface area (Å²) in [5, 5.41) is 0.996. The number of benzene rings is 1. The Morgan fingerprint density at radius 2 is 2.19 bits per heavy atom. The Kier molecular flexibility index (Phi) is 4.87. The molecule has 2 aliphatic rings. The highest BCUT2D eigenvalue weighted by Crippen LogP contribution is 2.25. The van der Waals surface area contributed by atoms with Crippen LogP contribution in [-0.4, -0.2) is 72.7 Å². The number of aromatic nitrogens is 1. The molecule has 2 atom stereocenters. The molecule has 1 N–H and O–H groups in total. The Morgan fingerprint density at radius 3 is 3.00 bits per heavy atom. The number of aromatic amines is 1. The van der Waals surface area contributed by atoms with Crippen LogP contribution in [0.2, 0.25) is 0 Å². The molecule has 0 radical (unpaired) electrons. The predicted molar refractivity (Wildman–Crippen MR) is 101 cm³/mol. The number of methoxy groups -OCH3 is 1. The van der Waals surface area contributed by atoms with Crippen LogP contribution in [0, 0.1) is 0 Å². The normalized spacial score (nSPS) is 23.8. The third kappa shape index (κ3) is 3.19. The number of hydrogen-bond donors (Lipinski definition) is 1. The molecule has 1 aromatic carbocycles. The number of ether oxygens (including phenoxy) is 2. The van der Waals surface area contributed by atoms with Crippen molar-refractivity contribution in [2.24, 2.45) is 0 Å². The first kappa shape index (κ1) is 17.4. The van der Waals surface area contributed by atoms with Gasteiger partial charge in [-0.25, -0.2) is 0 Å². The molecule has 2 aliphatic heterocycles. The van der Waals surface area contributed by atoms with E-state index in [2.05, 4.69) is 16.8 Å². The smallest absolute Gasteiger partial charge is 0.270 e. The lowest BCUT2D eigenvalue weighted by Gasteiger charge is -2.48. The van der Waals surface area contributed by atoms with Gasteiger partial charge in [0.15, 0.2) is 0 Å². The van der Waals surface area contributed by atoms with Crippen molar-refractivity contribution in [3.63, 3.8) is 0 Å². The minimum Gasteiger partial charge on any atom is -0.497 e. The molecule has 0 aliphatic carbocycles. The minimum atomic E-state index is 0.0671. The van der Waals surface area contributed by atoms with Crippen molar-refractivity contribution in [3.8, 4) is 5.75 Å². The molecule has 0 bridgehead atoms. The molecule has 6 nitrogen and oxygen atoms in total. The number of carbonyl (C=O) groups excluding carboxylic acids is 1. The maximum absolute atomic E-state index is 13.0. The summed E-state index contributed by atoms with van der Waals surface area (Å²) in [5.41, 5.74) is 1.60. The van der Waals surface area contributed by atoms with E-state index in [9.17, 15) is 4.79 Å². The molecule has 2 fully saturated rings. The first-order valence-corrected chi connectivity index (χ1v) is 9.49. The van der Waals surface area contributed by atoms with Crippen LogP contribution in [0.4, 0.5) is 0 Å². The van der Waals surface area contributed by atoms with Gasteiger partial charge < -0.3 is 19.4 Å². The van der Waals surface area contributed by atoms with Gasteiger partial charge in [-0.05, 0) is 30.7 Å². The molecule has 0 saturated carbocycles. The zero-order valence-corrected chi connectivity index (χ0v) is 15.5. The van der Waals surface area contributed by atoms with Gasteiger partial charge in [0.2, 0.25) is 0 Å². The van der Waals surface area contributed by atoms with Crippen LogP contribution in [0.15, 0.2) is 24.3 Å². The van der Waals surface area contributed by atoms with E-state index in [4.69, 9.17) is 9.47 Å². The molecular weight excluding hydrogens is 330 g/mol. The number of morpholine rings is 1. The van der Waals surface area contributed by atoms with Gasteiger partial charge in [-0.15, -0.1) is 0 Å². The molecule has 0 unspecified atom stereocenters. The minimum absolute atomic E-state index is 0.0671. The van der Waals surface area contributed by atoms with Gasteiger partial charge in [-0.3, -0.25) is 9.69 Å². The first-order valence-electron chi connectivity index (χ1n) is 9.49. The Hall–Kier alpha value is -2.05. The third-order valence-electron chi connectivity index (χ3n) is 5.59. The number of hydrogen-bond acceptors (Lipinski definition) is 4. The molecule has 1 aromatic heterocycles. The molecular formula is C20H27N3O3. The van der Waals surface area contributed by atoms with Gasteiger partial charge in [0.05, 0.1) is 26.4 Å². The molecule has 0 spiro atoms. The molecule has 2 saturated heterocycles. The Bertz CT molecular complexity index is 786. The second-order valence-corrected chi connectivity index (χ2v) is 7.26. The van der Waals surface area contributed by atoms with Crippen molar-refractivity contribution in [1.82, 2.24) is 14.8 Å². The lowest BCUT2D eigenvalue weighted by molar-refractivity contribution is -0.0776. The fourth-order valence-electron chi connectivity index (χ4n) is 4.22. The highest BCUT2D eigenvalue weighted by Gasteiger charge is 2.36. The van der Waals surface area contributed by atoms with E-state index >= 15 is 0 Å². The second kappa shape index (κ2) is 7.29. The maximum Gasteiger partial charge on any atom is 0.270 e. The van der Waals surface area contributed by atoms with Crippen molar-refractivity contribution in [3.05, 3.63) is 30.0 Å². The largest absolute Gasteiger partial charge is 0.497 e. The van der Waals surface area contributed by atoms with Crippen LogP contribution in [0.1, 0.15) is 30.3 Å². The van der Waals surface area contributed by atoms with Crippen molar-refractivity contribution in [2.45, 2.75) is 31.8 Å². The fourth-order valence-corrected chi connectivity index (χ4v) is 4.22. The molecule has 6 heteroatoms. The van der Waals surface area contributed by atoms with E-state index in [0.29, 0.717) is 24.4 Å². The number of fused-ring (bicyclic) bond motifs is 2. The number of H-pyrrole nitrogens is 1. The van der Waals surface area contributed by atoms with Crippen molar-refractivity contribution in [2.75, 3.05) is 40.0 Å². The molecule has 2 aromatic rings. The summed E-state index contributed by atoms with van der Waals surface area (Å²) in [7, 11) is 1.65. The zero-order valence-electron chi connectivity index (χ0n) is 15.5. The number of amides is 1. The van der Waals surface area contributed by atoms with Crippen LogP contribution in [0.25, 0.3) is 10.9 Å². The average Bonchev–Trinajstić information content (AvgIpc) is 3.10. The highest BCUT2D eigenvalue weighted by atomic mass is 16.5. The standard InChI is InChI=1S/C20H27N3O3/c1-3-4-15-12-26-13-16-11-22(7-8-23(15)16)20(24)19-10-14-9-17(25-2)5-6-18(14)21-19/h5-6,9-10,15-16,21H,3-4,7-8,11-13H2,1-2H3/t15-,16+/m0/s1. The van der Waals surface area contributed by atoms with E-state index < -0.39 is 0 Å². The van der Waals surface area contributed by atoms with E-state index in [1.54, 1.807) is 7.11 Å². The lowest BCUT2D eigenvalue weighted by atomic mass is 10.0. The van der Waals surface area contributed by atoms with Crippen LogP contribution < -0.4 is 4.74 Å². The van der Waals surface area contributed by atoms with Gasteiger partial charge >= 0.3 is 0 Å². The second-order valence-electron chi connectivity index (χ2n) is 7.26. The number of carbonyl (C=O) groups is 1. The first-order chi connectivity index (χ1) is 12.7. The van der Waals surface area contributed by atoms with Crippen LogP contribution in [-0.2, 0) is 4.74 Å². The van der Waals surface area contributed by atoms with Crippen molar-refractivity contribution in [1.29, 1.82) is 0 Å². The van der Waals surface area contributed by atoms with Crippen molar-refractivity contribution < 1.29 is 14.3 Å². The van der Waals surface area contributed by atoms with Crippen LogP contribution >= 0.6 is 0 Å². The summed E-state index contributed by atoms with van der Waals surface area (Å²) in [5.74, 6) is 0.864. The topological polar surface area (TPSA) is 57.8 Å². The van der Waals surface area contributed by atoms with Gasteiger partial charge in [-0.1, -0.05) is 13.3 Å². The summed E-state index contributed by atoms with van der Waals surface area (Å²) in [6.45, 7) is 6.19. The summed E-state index contributed by atoms with van der Waals surface area (Å²) >= 11 is 0. The zero-order chi connectivity index (χ0) is 18.1. The highest BCUT2D eigenvalue weighted by molar-refractivity contribution is 5.98. The SMILES string of the molecule is CCC[C@H]1COC[C@H]2CN(C(=O)c3cc4cc(OC)ccc4[nH]3)CCN12. The third-order valence-corrected chi connectivity index (χ3v) is 5.59. The molecule has 4 rings (SSSR count). The number of rotatable bonds is 4. The summed E-state index contributed by atoms with van der Waals surface area (Å²) in [4.78, 5) is 20.8. The van der Waals surface area contributed by atoms with E-state index in [1.165, 1.54) is 6.42 Å². The van der Waals surface area contributed by atoms with Crippen LogP contribution in [0.5, 0.6) is 5.75 Å². The van der Waals surface area contributed by atoms with Crippen LogP contribution in [0.3, 0.4) is 0 Å². The molecule has 26 heavy (non-hydrogen) atoms. The number of nitrogens with zero attached hydrogens (tertiary/aromatic N) is 2. The Labute approximate surface area is 154 Å². The monoisotopic (exact) mass is 357 g/mol. The Morgan fingerprint density at radius 1 is 1.31 bits per heavy atom. The van der Waals surface area contributed by atoms with Gasteiger partial charge in [0, 0.05) is 36.6 Å². The fraction of sp³-hybridized carbons (Fsp3) is 0.550. The number of piperazine rings is 1. The summed E-state index contributed by atoms with van der Waals surface area (Å²) in [6.07, 6.45) is 2.33. The van der Waals surface area contributed by atoms with Gasteiger partial charge in [-0.2, -0.15) is 0 Å². The number of nitrogens with one attached hydrogen (secondary N) is 1. The maximum atomic E-state index is 13.0. The predicted octanol–water partition coefficient (Wildman–Crippen LogP) is 2.50. The summed E-state index contributed by atoms with van der Waals surface area (Å²) < 4.78 is 11.1. The molecule has 3 heterocycles. The quantitative estimate of drug-likeness (QED) is 0.913. The van der Waals surface area contributed by atoms with Gasteiger partial charge in [0.1, 0.15) is 11.4 Å². The Balaban J connectivity index is 1.49. The lowest BCUT2D eigenvalue weighted by Crippen LogP contribution is -2.62. The van der Waals surface area contributed by atoms with Gasteiger partial charge in [0.25, 0.3) is 5.91 Å². The van der Waals surface area contributed by atoms with E-state index in [0.717, 1.165) is 49.3 Å². The molecule has 140 valence electrons. The average molecular weight is 357 g/mol. The van der Waals surface area contributed by atoms with E-state index in [-0.39, 0.29) is 5.91 Å². The van der Waals surface area contributed by atoms with E-state index in [1.807, 2.05) is 29.2 Å². The summed E-state index contributed by atoms with van der Waals surface area (Å²) in [6, 6.07) is 8.53. The molecule has 1 amide bonds. The van der Waals surface area contributed by atoms with Crippen molar-refractivity contribution >= 4 is 16.8 Å².